The number of aromatic nitrogens is 1. The van der Waals surface area contributed by atoms with Gasteiger partial charge in [-0.2, -0.15) is 0 Å². The molecular formula is C18H22N2O5S. The number of fused-ring (bicyclic) bond motifs is 1. The molecule has 8 heteroatoms. The van der Waals surface area contributed by atoms with E-state index in [1.54, 1.807) is 13.2 Å². The van der Waals surface area contributed by atoms with Crippen molar-refractivity contribution in [1.29, 1.82) is 0 Å². The summed E-state index contributed by atoms with van der Waals surface area (Å²) in [5.74, 6) is -0.836. The quantitative estimate of drug-likeness (QED) is 0.791. The van der Waals surface area contributed by atoms with Gasteiger partial charge in [0.05, 0.1) is 17.9 Å². The average Bonchev–Trinajstić information content (AvgIpc) is 3.16. The van der Waals surface area contributed by atoms with Gasteiger partial charge in [0.1, 0.15) is 0 Å². The maximum absolute atomic E-state index is 12.4. The van der Waals surface area contributed by atoms with Crippen LogP contribution in [0.5, 0.6) is 0 Å². The van der Waals surface area contributed by atoms with E-state index in [1.807, 2.05) is 24.3 Å². The first-order chi connectivity index (χ1) is 12.3. The van der Waals surface area contributed by atoms with Crippen molar-refractivity contribution < 1.29 is 22.7 Å². The zero-order valence-electron chi connectivity index (χ0n) is 14.8. The fraction of sp³-hybridized carbons (Fsp3) is 0.444. The number of esters is 1. The number of amides is 1. The Morgan fingerprint density at radius 2 is 2.08 bits per heavy atom. The fourth-order valence-corrected chi connectivity index (χ4v) is 5.04. The summed E-state index contributed by atoms with van der Waals surface area (Å²) in [6.45, 7) is 1.51. The van der Waals surface area contributed by atoms with Gasteiger partial charge in [-0.1, -0.05) is 18.2 Å². The van der Waals surface area contributed by atoms with Crippen LogP contribution in [-0.4, -0.2) is 60.9 Å². The largest absolute Gasteiger partial charge is 0.452 e. The Balaban J connectivity index is 1.59. The van der Waals surface area contributed by atoms with Crippen molar-refractivity contribution in [2.45, 2.75) is 31.9 Å². The molecule has 1 aliphatic heterocycles. The summed E-state index contributed by atoms with van der Waals surface area (Å²) in [5, 5.41) is 0.941. The highest BCUT2D eigenvalue weighted by molar-refractivity contribution is 7.91. The van der Waals surface area contributed by atoms with E-state index in [0.29, 0.717) is 6.42 Å². The Morgan fingerprint density at radius 3 is 2.77 bits per heavy atom. The van der Waals surface area contributed by atoms with Crippen LogP contribution in [0, 0.1) is 0 Å². The van der Waals surface area contributed by atoms with E-state index in [2.05, 4.69) is 4.98 Å². The van der Waals surface area contributed by atoms with Crippen molar-refractivity contribution >= 4 is 32.6 Å². The summed E-state index contributed by atoms with van der Waals surface area (Å²) < 4.78 is 28.4. The molecule has 3 rings (SSSR count). The molecule has 0 bridgehead atoms. The van der Waals surface area contributed by atoms with Gasteiger partial charge < -0.3 is 14.6 Å². The number of carbonyl (C=O) groups excluding carboxylic acids is 2. The van der Waals surface area contributed by atoms with E-state index in [4.69, 9.17) is 4.74 Å². The van der Waals surface area contributed by atoms with Crippen molar-refractivity contribution in [3.05, 3.63) is 36.0 Å². The van der Waals surface area contributed by atoms with Gasteiger partial charge in [-0.3, -0.25) is 9.59 Å². The molecule has 2 aromatic rings. The van der Waals surface area contributed by atoms with Crippen LogP contribution >= 0.6 is 0 Å². The smallest absolute Gasteiger partial charge is 0.311 e. The zero-order valence-corrected chi connectivity index (χ0v) is 15.6. The molecular weight excluding hydrogens is 356 g/mol. The average molecular weight is 378 g/mol. The number of ether oxygens (including phenoxy) is 1. The lowest BCUT2D eigenvalue weighted by Crippen LogP contribution is -2.44. The molecule has 1 amide bonds. The van der Waals surface area contributed by atoms with Gasteiger partial charge in [-0.15, -0.1) is 0 Å². The number of H-pyrrole nitrogens is 1. The molecule has 0 radical (unpaired) electrons. The first-order valence-electron chi connectivity index (χ1n) is 8.48. The third kappa shape index (κ3) is 3.90. The minimum Gasteiger partial charge on any atom is -0.452 e. The van der Waals surface area contributed by atoms with Crippen LogP contribution in [0.2, 0.25) is 0 Å². The second-order valence-electron chi connectivity index (χ2n) is 6.67. The molecule has 2 unspecified atom stereocenters. The number of nitrogens with one attached hydrogen (secondary N) is 1. The molecule has 1 aliphatic rings. The zero-order chi connectivity index (χ0) is 18.9. The first kappa shape index (κ1) is 18.4. The third-order valence-corrected chi connectivity index (χ3v) is 6.52. The number of para-hydroxylation sites is 1. The molecule has 0 saturated carbocycles. The highest BCUT2D eigenvalue weighted by Gasteiger charge is 2.34. The SMILES string of the molecule is CC(OC(=O)Cc1c[nH]c2ccccc12)C(=O)N(C)C1CCS(=O)(=O)C1. The van der Waals surface area contributed by atoms with E-state index in [9.17, 15) is 18.0 Å². The number of rotatable bonds is 5. The van der Waals surface area contributed by atoms with Crippen molar-refractivity contribution in [2.75, 3.05) is 18.6 Å². The molecule has 2 heterocycles. The van der Waals surface area contributed by atoms with Gasteiger partial charge in [0.2, 0.25) is 0 Å². The second-order valence-corrected chi connectivity index (χ2v) is 8.90. The monoisotopic (exact) mass is 378 g/mol. The van der Waals surface area contributed by atoms with Crippen molar-refractivity contribution in [2.24, 2.45) is 0 Å². The van der Waals surface area contributed by atoms with Crippen molar-refractivity contribution in [1.82, 2.24) is 9.88 Å². The summed E-state index contributed by atoms with van der Waals surface area (Å²) >= 11 is 0. The number of nitrogens with zero attached hydrogens (tertiary/aromatic N) is 1. The van der Waals surface area contributed by atoms with Gasteiger partial charge in [0.25, 0.3) is 5.91 Å². The fourth-order valence-electron chi connectivity index (χ4n) is 3.27. The van der Waals surface area contributed by atoms with Gasteiger partial charge in [-0.05, 0) is 25.0 Å². The molecule has 1 saturated heterocycles. The Morgan fingerprint density at radius 1 is 1.35 bits per heavy atom. The summed E-state index contributed by atoms with van der Waals surface area (Å²) in [7, 11) is -1.53. The number of benzene rings is 1. The highest BCUT2D eigenvalue weighted by Crippen LogP contribution is 2.20. The van der Waals surface area contributed by atoms with Gasteiger partial charge >= 0.3 is 5.97 Å². The number of sulfone groups is 1. The van der Waals surface area contributed by atoms with E-state index in [0.717, 1.165) is 16.5 Å². The van der Waals surface area contributed by atoms with Crippen LogP contribution in [-0.2, 0) is 30.6 Å². The minimum absolute atomic E-state index is 0.0365. The third-order valence-electron chi connectivity index (χ3n) is 4.77. The lowest BCUT2D eigenvalue weighted by Gasteiger charge is -2.26. The predicted molar refractivity (Wildman–Crippen MR) is 97.4 cm³/mol. The van der Waals surface area contributed by atoms with E-state index in [-0.39, 0.29) is 29.9 Å². The van der Waals surface area contributed by atoms with Crippen molar-refractivity contribution in [3.63, 3.8) is 0 Å². The molecule has 26 heavy (non-hydrogen) atoms. The Hall–Kier alpha value is -2.35. The highest BCUT2D eigenvalue weighted by atomic mass is 32.2. The molecule has 1 aromatic heterocycles. The van der Waals surface area contributed by atoms with E-state index < -0.39 is 21.9 Å². The van der Waals surface area contributed by atoms with Crippen LogP contribution < -0.4 is 0 Å². The Labute approximate surface area is 152 Å². The summed E-state index contributed by atoms with van der Waals surface area (Å²) in [6.07, 6.45) is 1.28. The van der Waals surface area contributed by atoms with Gasteiger partial charge in [0.15, 0.2) is 15.9 Å². The van der Waals surface area contributed by atoms with Crippen LogP contribution in [0.1, 0.15) is 18.9 Å². The maximum Gasteiger partial charge on any atom is 0.311 e. The number of carbonyl (C=O) groups is 2. The summed E-state index contributed by atoms with van der Waals surface area (Å²) in [6, 6.07) is 7.27. The van der Waals surface area contributed by atoms with Crippen LogP contribution in [0.15, 0.2) is 30.5 Å². The number of hydrogen-bond donors (Lipinski definition) is 1. The molecule has 1 N–H and O–H groups in total. The summed E-state index contributed by atoms with van der Waals surface area (Å²) in [4.78, 5) is 29.1. The van der Waals surface area contributed by atoms with Crippen LogP contribution in [0.4, 0.5) is 0 Å². The molecule has 140 valence electrons. The second kappa shape index (κ2) is 7.11. The molecule has 0 aliphatic carbocycles. The lowest BCUT2D eigenvalue weighted by molar-refractivity contribution is -0.158. The van der Waals surface area contributed by atoms with Gasteiger partial charge in [0, 0.05) is 30.2 Å². The lowest BCUT2D eigenvalue weighted by atomic mass is 10.1. The normalized spacial score (nSPS) is 20.0. The molecule has 1 fully saturated rings. The van der Waals surface area contributed by atoms with E-state index in [1.165, 1.54) is 11.8 Å². The Kier molecular flexibility index (Phi) is 5.04. The number of likely N-dealkylation sites (N-methyl/N-ethyl adjacent to an activating group) is 1. The number of aromatic amines is 1. The van der Waals surface area contributed by atoms with E-state index >= 15 is 0 Å². The standard InChI is InChI=1S/C18H22N2O5S/c1-12(18(22)20(2)14-7-8-26(23,24)11-14)25-17(21)9-13-10-19-16-6-4-3-5-15(13)16/h3-6,10,12,14,19H,7-9,11H2,1-2H3. The Bertz CT molecular complexity index is 934. The molecule has 1 aromatic carbocycles. The topological polar surface area (TPSA) is 96.5 Å². The summed E-state index contributed by atoms with van der Waals surface area (Å²) in [5.41, 5.74) is 1.74. The van der Waals surface area contributed by atoms with Crippen LogP contribution in [0.3, 0.4) is 0 Å². The van der Waals surface area contributed by atoms with Gasteiger partial charge in [-0.25, -0.2) is 8.42 Å². The predicted octanol–water partition coefficient (Wildman–Crippen LogP) is 1.29. The molecule has 0 spiro atoms. The molecule has 2 atom stereocenters. The first-order valence-corrected chi connectivity index (χ1v) is 10.3. The van der Waals surface area contributed by atoms with Crippen molar-refractivity contribution in [3.8, 4) is 0 Å². The molecule has 7 nitrogen and oxygen atoms in total. The maximum atomic E-state index is 12.4. The number of hydrogen-bond acceptors (Lipinski definition) is 5. The van der Waals surface area contributed by atoms with Crippen LogP contribution in [0.25, 0.3) is 10.9 Å². The minimum atomic E-state index is -3.08.